The summed E-state index contributed by atoms with van der Waals surface area (Å²) in [6, 6.07) is 55.9. The minimum absolute atomic E-state index is 0.124. The summed E-state index contributed by atoms with van der Waals surface area (Å²) in [5, 5.41) is 31.4. The zero-order chi connectivity index (χ0) is 92.0. The van der Waals surface area contributed by atoms with Crippen molar-refractivity contribution in [1.82, 2.24) is 75.3 Å². The van der Waals surface area contributed by atoms with Gasteiger partial charge in [-0.3, -0.25) is 86.2 Å². The number of para-hydroxylation sites is 1. The fourth-order valence-corrected chi connectivity index (χ4v) is 14.1. The number of fused-ring (bicyclic) bond motifs is 2. The number of carbonyl (C=O) groups excluding carboxylic acids is 13. The molecule has 14 rings (SSSR count). The van der Waals surface area contributed by atoms with Crippen LogP contribution in [0.1, 0.15) is 84.5 Å². The van der Waals surface area contributed by atoms with Crippen LogP contribution in [0.3, 0.4) is 0 Å². The van der Waals surface area contributed by atoms with Crippen LogP contribution >= 0.6 is 11.6 Å². The van der Waals surface area contributed by atoms with Gasteiger partial charge in [0, 0.05) is 151 Å². The molecule has 1 saturated heterocycles. The summed E-state index contributed by atoms with van der Waals surface area (Å²) in [4.78, 5) is 173. The van der Waals surface area contributed by atoms with Crippen molar-refractivity contribution in [3.8, 4) is 33.8 Å². The van der Waals surface area contributed by atoms with Gasteiger partial charge in [0.1, 0.15) is 52.4 Å². The van der Waals surface area contributed by atoms with Gasteiger partial charge in [0.25, 0.3) is 47.3 Å². The molecule has 12 N–H and O–H groups in total. The minimum Gasteiger partial charge on any atom is -0.444 e. The highest BCUT2D eigenvalue weighted by molar-refractivity contribution is 6.40. The molecule has 0 radical (unpaired) electrons. The number of nitrogens with one attached hydrogen (secondary N) is 4. The quantitative estimate of drug-likeness (QED) is 0.0227. The topological polar surface area (TPSA) is 487 Å². The minimum atomic E-state index is -1.11. The molecule has 1 aliphatic heterocycles. The molecule has 1 fully saturated rings. The number of rotatable bonds is 28. The first kappa shape index (κ1) is 92.7. The van der Waals surface area contributed by atoms with E-state index in [0.29, 0.717) is 65.2 Å². The molecule has 7 heterocycles. The predicted molar refractivity (Wildman–Crippen MR) is 477 cm³/mol. The maximum Gasteiger partial charge on any atom is 0.410 e. The van der Waals surface area contributed by atoms with Gasteiger partial charge < -0.3 is 58.7 Å². The highest BCUT2D eigenvalue weighted by Gasteiger charge is 2.35. The molecule has 7 aromatic carbocycles. The van der Waals surface area contributed by atoms with Gasteiger partial charge in [-0.1, -0.05) is 188 Å². The summed E-state index contributed by atoms with van der Waals surface area (Å²) >= 11 is 6.25. The van der Waals surface area contributed by atoms with Gasteiger partial charge in [-0.25, -0.2) is 4.79 Å². The van der Waals surface area contributed by atoms with E-state index < -0.39 is 100 Å². The second-order valence-corrected chi connectivity index (χ2v) is 31.2. The maximum atomic E-state index is 13.2. The first-order chi connectivity index (χ1) is 61.2. The molecule has 9 amide bonds. The molecule has 13 aromatic rings. The van der Waals surface area contributed by atoms with E-state index in [-0.39, 0.29) is 54.0 Å². The Kier molecular flexibility index (Phi) is 30.7. The standard InChI is InChI=1S/C24H32N6O5.2C24H21N5O3.C21H19ClN4O3/c1-24(2,3)35-23(34)30-12-10-29(11-13-30)21-17(15-28(4)27-21)22(33)26-18(19(31)20(25)32)14-16-8-6-5-7-9-16;1-29-14-18(21(28-29)17-12-16-9-5-6-10-19(16)26-13-17)24(32)27-20(22(30)23(25)31)11-15-7-3-2-4-8-15;1-29-14-19(21(28-29)18-9-5-8-16-13-26-11-10-17(16)18)24(32)27-20(22(30)23(25)31)12-15-6-3-2-4-7-15;1-26-12-15(18(25-26)14-9-5-6-10-16(14)22)21(29)24-17(19(27)20(23)28)11-13-7-3-2-4-8-13/h5-9,15,18H,10-14H2,1-4H3,(H2,25,32)(H,26,33);2-10,12-14,20H,11H2,1H3,(H2,25,31)(H,27,32);2-11,13-14,20H,12H2,1H3,(H2,25,31)(H,27,32);2-10,12,17H,11H2,1H3,(H2,23,28)(H,24,29). The van der Waals surface area contributed by atoms with Crippen LogP contribution in [0.5, 0.6) is 0 Å². The van der Waals surface area contributed by atoms with Crippen LogP contribution in [0.2, 0.25) is 5.02 Å². The number of hydrogen-bond donors (Lipinski definition) is 8. The van der Waals surface area contributed by atoms with Gasteiger partial charge in [-0.05, 0) is 72.7 Å². The number of ketones is 4. The summed E-state index contributed by atoms with van der Waals surface area (Å²) in [5.74, 6) is -9.60. The Morgan fingerprint density at radius 2 is 0.766 bits per heavy atom. The molecule has 1 aliphatic rings. The van der Waals surface area contributed by atoms with Gasteiger partial charge >= 0.3 is 6.09 Å². The zero-order valence-corrected chi connectivity index (χ0v) is 71.6. The number of benzene rings is 7. The van der Waals surface area contributed by atoms with E-state index >= 15 is 0 Å². The lowest BCUT2D eigenvalue weighted by atomic mass is 9.99. The van der Waals surface area contributed by atoms with E-state index in [4.69, 9.17) is 39.3 Å². The van der Waals surface area contributed by atoms with E-state index in [0.717, 1.165) is 49.5 Å². The van der Waals surface area contributed by atoms with Gasteiger partial charge in [0.2, 0.25) is 23.1 Å². The third kappa shape index (κ3) is 24.5. The first-order valence-electron chi connectivity index (χ1n) is 40.2. The largest absolute Gasteiger partial charge is 0.444 e. The third-order valence-electron chi connectivity index (χ3n) is 20.0. The lowest BCUT2D eigenvalue weighted by Gasteiger charge is -2.36. The van der Waals surface area contributed by atoms with Crippen LogP contribution in [-0.4, -0.2) is 186 Å². The van der Waals surface area contributed by atoms with E-state index in [1.165, 1.54) is 24.9 Å². The molecule has 35 heteroatoms. The third-order valence-corrected chi connectivity index (χ3v) is 20.4. The molecular weight excluding hydrogens is 1660 g/mol. The number of Topliss-reactive ketones (excluding diaryl/α,β-unsaturated/α-hetero) is 4. The molecule has 128 heavy (non-hydrogen) atoms. The van der Waals surface area contributed by atoms with Crippen molar-refractivity contribution in [1.29, 1.82) is 0 Å². The van der Waals surface area contributed by atoms with Crippen molar-refractivity contribution in [2.24, 2.45) is 51.1 Å². The second-order valence-electron chi connectivity index (χ2n) is 30.8. The van der Waals surface area contributed by atoms with Crippen LogP contribution in [0.4, 0.5) is 10.6 Å². The molecule has 656 valence electrons. The molecule has 4 unspecified atom stereocenters. The maximum absolute atomic E-state index is 13.2. The van der Waals surface area contributed by atoms with E-state index in [1.807, 2.05) is 153 Å². The van der Waals surface area contributed by atoms with E-state index in [2.05, 4.69) is 51.6 Å². The average Bonchev–Trinajstić information content (AvgIpc) is 1.52. The summed E-state index contributed by atoms with van der Waals surface area (Å²) in [7, 11) is 6.77. The first-order valence-corrected chi connectivity index (χ1v) is 40.6. The second kappa shape index (κ2) is 42.4. The molecule has 34 nitrogen and oxygen atoms in total. The Hall–Kier alpha value is -16.0. The Morgan fingerprint density at radius 3 is 1.20 bits per heavy atom. The Bertz CT molecular complexity index is 6270. The van der Waals surface area contributed by atoms with Crippen LogP contribution in [0.15, 0.2) is 244 Å². The number of nitrogens with zero attached hydrogens (tertiary/aromatic N) is 12. The molecule has 6 aromatic heterocycles. The Morgan fingerprint density at radius 1 is 0.406 bits per heavy atom. The number of anilines is 1. The van der Waals surface area contributed by atoms with Crippen molar-refractivity contribution in [2.45, 2.75) is 76.2 Å². The zero-order valence-electron chi connectivity index (χ0n) is 70.8. The summed E-state index contributed by atoms with van der Waals surface area (Å²) < 4.78 is 11.5. The monoisotopic (exact) mass is 1750 g/mol. The van der Waals surface area contributed by atoms with Gasteiger partial charge in [-0.2, -0.15) is 20.4 Å². The van der Waals surface area contributed by atoms with Crippen LogP contribution < -0.4 is 49.1 Å². The molecule has 0 saturated carbocycles. The van der Waals surface area contributed by atoms with E-state index in [9.17, 15) is 62.3 Å². The molecule has 0 aliphatic carbocycles. The fourth-order valence-electron chi connectivity index (χ4n) is 13.9. The number of aryl methyl sites for hydroxylation is 4. The number of halogens is 1. The number of carbonyl (C=O) groups is 13. The number of aromatic nitrogens is 10. The highest BCUT2D eigenvalue weighted by Crippen LogP contribution is 2.33. The molecule has 0 bridgehead atoms. The van der Waals surface area contributed by atoms with Crippen LogP contribution in [0, 0.1) is 0 Å². The number of nitrogens with two attached hydrogens (primary N) is 4. The smallest absolute Gasteiger partial charge is 0.410 e. The number of amides is 9. The normalized spacial score (nSPS) is 12.6. The lowest BCUT2D eigenvalue weighted by Crippen LogP contribution is -2.51. The molecule has 0 spiro atoms. The van der Waals surface area contributed by atoms with Crippen LogP contribution in [0.25, 0.3) is 55.4 Å². The van der Waals surface area contributed by atoms with Crippen LogP contribution in [-0.2, 0) is 97.0 Å². The highest BCUT2D eigenvalue weighted by atomic mass is 35.5. The Labute approximate surface area is 739 Å². The average molecular weight is 1750 g/mol. The fraction of sp³-hybridized carbons (Fsp3) is 0.215. The Balaban J connectivity index is 0.000000166. The number of pyridine rings is 2. The number of piperazine rings is 1. The number of ether oxygens (including phenoxy) is 1. The molecule has 4 atom stereocenters. The van der Waals surface area contributed by atoms with Gasteiger partial charge in [0.05, 0.1) is 27.2 Å². The summed E-state index contributed by atoms with van der Waals surface area (Å²) in [6.07, 6.45) is 11.5. The van der Waals surface area contributed by atoms with Crippen molar-refractivity contribution < 1.29 is 67.1 Å². The summed E-state index contributed by atoms with van der Waals surface area (Å²) in [5.41, 5.74) is 28.5. The van der Waals surface area contributed by atoms with Crippen molar-refractivity contribution in [3.05, 3.63) is 293 Å². The van der Waals surface area contributed by atoms with Gasteiger partial charge in [0.15, 0.2) is 5.82 Å². The predicted octanol–water partition coefficient (Wildman–Crippen LogP) is 7.07. The van der Waals surface area contributed by atoms with Crippen molar-refractivity contribution >= 4 is 116 Å². The summed E-state index contributed by atoms with van der Waals surface area (Å²) in [6.45, 7) is 7.15. The number of primary amides is 4. The van der Waals surface area contributed by atoms with Crippen molar-refractivity contribution in [2.75, 3.05) is 31.1 Å². The SMILES string of the molecule is Cn1cc(C(=O)NC(Cc2ccccc2)C(=O)C(N)=O)c(-c2cccc3cnccc23)n1.Cn1cc(C(=O)NC(Cc2ccccc2)C(=O)C(N)=O)c(-c2ccccc2Cl)n1.Cn1cc(C(=O)NC(Cc2ccccc2)C(=O)C(N)=O)c(-c2cnc3ccccc3c2)n1.Cn1cc(C(=O)NC(Cc2ccccc2)C(=O)C(N)=O)c(N2CCN(C(=O)OC(C)(C)C)CC2)n1. The van der Waals surface area contributed by atoms with Gasteiger partial charge in [-0.15, -0.1) is 0 Å². The lowest BCUT2D eigenvalue weighted by molar-refractivity contribution is -0.137. The molecular formula is C93H93ClN20O14. The van der Waals surface area contributed by atoms with Crippen molar-refractivity contribution in [3.63, 3.8) is 0 Å². The number of hydrogen-bond acceptors (Lipinski definition) is 21. The van der Waals surface area contributed by atoms with E-state index in [1.54, 1.807) is 143 Å².